The number of rotatable bonds is 5. The van der Waals surface area contributed by atoms with Crippen LogP contribution in [0.5, 0.6) is 0 Å². The number of hydrogen-bond donors (Lipinski definition) is 0. The second-order valence-corrected chi connectivity index (χ2v) is 15.2. The molecule has 12 rings (SSSR count). The zero-order chi connectivity index (χ0) is 37.5. The highest BCUT2D eigenvalue weighted by Gasteiger charge is 2.28. The van der Waals surface area contributed by atoms with Gasteiger partial charge in [-0.15, -0.1) is 11.3 Å². The second-order valence-electron chi connectivity index (χ2n) is 14.1. The number of para-hydroxylation sites is 3. The molecule has 0 N–H and O–H groups in total. The number of aromatic nitrogens is 7. The average Bonchev–Trinajstić information content (AvgIpc) is 3.95. The van der Waals surface area contributed by atoms with Crippen molar-refractivity contribution in [2.45, 2.75) is 0 Å². The lowest BCUT2D eigenvalue weighted by atomic mass is 10.0. The minimum atomic E-state index is 0.536. The zero-order valence-electron chi connectivity index (χ0n) is 30.3. The van der Waals surface area contributed by atoms with Gasteiger partial charge >= 0.3 is 0 Å². The Morgan fingerprint density at radius 2 is 0.965 bits per heavy atom. The molecule has 0 saturated heterocycles. The van der Waals surface area contributed by atoms with Gasteiger partial charge in [0.2, 0.25) is 5.95 Å². The van der Waals surface area contributed by atoms with Gasteiger partial charge in [0.05, 0.1) is 32.3 Å². The fourth-order valence-corrected chi connectivity index (χ4v) is 9.66. The van der Waals surface area contributed by atoms with Crippen LogP contribution >= 0.6 is 11.3 Å². The molecule has 12 aromatic rings. The van der Waals surface area contributed by atoms with E-state index in [2.05, 4.69) is 154 Å². The van der Waals surface area contributed by atoms with Crippen LogP contribution in [0.2, 0.25) is 0 Å². The third-order valence-electron chi connectivity index (χ3n) is 10.9. The minimum absolute atomic E-state index is 0.536. The fourth-order valence-electron chi connectivity index (χ4n) is 8.47. The van der Waals surface area contributed by atoms with E-state index in [1.54, 1.807) is 17.7 Å². The van der Waals surface area contributed by atoms with Crippen LogP contribution in [-0.2, 0) is 0 Å². The topological polar surface area (TPSA) is 74.3 Å². The fraction of sp³-hybridized carbons (Fsp3) is 0. The number of hydrogen-bond acceptors (Lipinski definition) is 6. The number of benzene rings is 7. The predicted octanol–water partition coefficient (Wildman–Crippen LogP) is 12.2. The molecule has 0 amide bonds. The summed E-state index contributed by atoms with van der Waals surface area (Å²) in [6.45, 7) is 0. The van der Waals surface area contributed by atoms with Gasteiger partial charge in [0.25, 0.3) is 0 Å². The Kier molecular flexibility index (Phi) is 6.96. The van der Waals surface area contributed by atoms with E-state index in [4.69, 9.17) is 19.9 Å². The first-order valence-electron chi connectivity index (χ1n) is 18.8. The summed E-state index contributed by atoms with van der Waals surface area (Å²) in [5.74, 6) is 1.73. The molecule has 5 heterocycles. The molecule has 0 atom stereocenters. The van der Waals surface area contributed by atoms with E-state index in [9.17, 15) is 0 Å². The summed E-state index contributed by atoms with van der Waals surface area (Å²) < 4.78 is 6.83. The molecular formula is C49H29N7S. The largest absolute Gasteiger partial charge is 0.308 e. The molecule has 0 aliphatic rings. The van der Waals surface area contributed by atoms with Crippen LogP contribution in [0, 0.1) is 0 Å². The molecule has 0 radical (unpaired) electrons. The van der Waals surface area contributed by atoms with Crippen LogP contribution in [0.25, 0.3) is 109 Å². The third kappa shape index (κ3) is 4.81. The van der Waals surface area contributed by atoms with E-state index in [1.165, 1.54) is 10.8 Å². The Labute approximate surface area is 329 Å². The summed E-state index contributed by atoms with van der Waals surface area (Å²) >= 11 is 1.74. The minimum Gasteiger partial charge on any atom is -0.308 e. The number of fused-ring (bicyclic) bond motifs is 12. The van der Waals surface area contributed by atoms with Crippen molar-refractivity contribution in [2.24, 2.45) is 0 Å². The summed E-state index contributed by atoms with van der Waals surface area (Å²) in [4.78, 5) is 25.2. The first-order valence-corrected chi connectivity index (χ1v) is 19.7. The van der Waals surface area contributed by atoms with Crippen LogP contribution in [0.4, 0.5) is 0 Å². The molecule has 0 saturated carbocycles. The van der Waals surface area contributed by atoms with Gasteiger partial charge in [-0.1, -0.05) is 140 Å². The Balaban J connectivity index is 1.25. The van der Waals surface area contributed by atoms with Crippen molar-refractivity contribution in [3.8, 4) is 45.5 Å². The number of thiophene rings is 1. The molecule has 7 nitrogen and oxygen atoms in total. The Morgan fingerprint density at radius 3 is 1.67 bits per heavy atom. The highest BCUT2D eigenvalue weighted by atomic mass is 32.1. The maximum absolute atomic E-state index is 5.35. The van der Waals surface area contributed by atoms with E-state index in [-0.39, 0.29) is 0 Å². The molecule has 266 valence electrons. The maximum atomic E-state index is 5.35. The molecule has 0 aliphatic heterocycles. The van der Waals surface area contributed by atoms with E-state index >= 15 is 0 Å². The molecule has 57 heavy (non-hydrogen) atoms. The molecule has 8 heteroatoms. The maximum Gasteiger partial charge on any atom is 0.238 e. The van der Waals surface area contributed by atoms with E-state index in [0.29, 0.717) is 17.6 Å². The zero-order valence-corrected chi connectivity index (χ0v) is 31.1. The monoisotopic (exact) mass is 747 g/mol. The first kappa shape index (κ1) is 31.8. The highest BCUT2D eigenvalue weighted by Crippen LogP contribution is 2.50. The van der Waals surface area contributed by atoms with Gasteiger partial charge in [0.15, 0.2) is 11.6 Å². The standard InChI is InChI=1S/C49H29N7S/c1-4-14-30(15-5-1)31-24-26-33(27-25-31)48-52-47(32-16-6-2-7-17-32)53-49(54-48)56-38-23-13-10-20-35(38)40-44-41(46-42(45(40)56)43-39(57-46)28-50-29-51-43)36-21-11-12-22-37(36)55(44)34-18-8-3-9-19-34/h1-29H. The summed E-state index contributed by atoms with van der Waals surface area (Å²) in [6, 6.07) is 57.0. The van der Waals surface area contributed by atoms with Crippen molar-refractivity contribution in [2.75, 3.05) is 0 Å². The van der Waals surface area contributed by atoms with Crippen molar-refractivity contribution in [1.82, 2.24) is 34.1 Å². The Bertz CT molecular complexity index is 3500. The normalized spacial score (nSPS) is 11.9. The van der Waals surface area contributed by atoms with Gasteiger partial charge in [-0.25, -0.2) is 15.0 Å². The van der Waals surface area contributed by atoms with Gasteiger partial charge in [-0.2, -0.15) is 9.97 Å². The quantitative estimate of drug-likeness (QED) is 0.175. The SMILES string of the molecule is c1ccc(-c2ccc(-c3nc(-c4ccccc4)nc(-n4c5ccccc5c5c6c(c7ccccc7n6-c6ccccc6)c6sc7cncnc7c6c54)n3)cc2)cc1. The molecule has 0 fully saturated rings. The molecular weight excluding hydrogens is 719 g/mol. The van der Waals surface area contributed by atoms with E-state index < -0.39 is 0 Å². The Hall–Kier alpha value is -7.55. The van der Waals surface area contributed by atoms with Crippen molar-refractivity contribution in [1.29, 1.82) is 0 Å². The lowest BCUT2D eigenvalue weighted by molar-refractivity contribution is 0.955. The summed E-state index contributed by atoms with van der Waals surface area (Å²) in [5, 5.41) is 5.66. The molecule has 0 spiro atoms. The van der Waals surface area contributed by atoms with Crippen LogP contribution in [0.15, 0.2) is 176 Å². The van der Waals surface area contributed by atoms with Crippen LogP contribution in [0.3, 0.4) is 0 Å². The second kappa shape index (κ2) is 12.5. The molecule has 5 aromatic heterocycles. The lowest BCUT2D eigenvalue weighted by Crippen LogP contribution is -2.06. The first-order chi connectivity index (χ1) is 28.3. The van der Waals surface area contributed by atoms with Crippen LogP contribution in [-0.4, -0.2) is 34.1 Å². The van der Waals surface area contributed by atoms with Gasteiger partial charge in [-0.3, -0.25) is 4.57 Å². The van der Waals surface area contributed by atoms with Crippen molar-refractivity contribution in [3.05, 3.63) is 176 Å². The average molecular weight is 748 g/mol. The summed E-state index contributed by atoms with van der Waals surface area (Å²) in [7, 11) is 0. The third-order valence-corrected chi connectivity index (χ3v) is 12.1. The molecule has 0 aliphatic carbocycles. The summed E-state index contributed by atoms with van der Waals surface area (Å²) in [5.41, 5.74) is 10.4. The van der Waals surface area contributed by atoms with E-state index in [1.807, 2.05) is 30.5 Å². The predicted molar refractivity (Wildman–Crippen MR) is 233 cm³/mol. The molecule has 7 aromatic carbocycles. The van der Waals surface area contributed by atoms with Crippen molar-refractivity contribution in [3.63, 3.8) is 0 Å². The molecule has 0 bridgehead atoms. The van der Waals surface area contributed by atoms with Gasteiger partial charge < -0.3 is 4.57 Å². The highest BCUT2D eigenvalue weighted by molar-refractivity contribution is 7.27. The van der Waals surface area contributed by atoms with Crippen molar-refractivity contribution >= 4 is 75.3 Å². The smallest absolute Gasteiger partial charge is 0.238 e. The van der Waals surface area contributed by atoms with Crippen LogP contribution < -0.4 is 0 Å². The van der Waals surface area contributed by atoms with Gasteiger partial charge in [-0.05, 0) is 35.4 Å². The van der Waals surface area contributed by atoms with Gasteiger partial charge in [0.1, 0.15) is 6.33 Å². The lowest BCUT2D eigenvalue weighted by Gasteiger charge is -2.13. The summed E-state index contributed by atoms with van der Waals surface area (Å²) in [6.07, 6.45) is 3.58. The number of nitrogens with zero attached hydrogens (tertiary/aromatic N) is 7. The van der Waals surface area contributed by atoms with Gasteiger partial charge in [0, 0.05) is 54.6 Å². The van der Waals surface area contributed by atoms with E-state index in [0.717, 1.165) is 81.1 Å². The van der Waals surface area contributed by atoms with Crippen molar-refractivity contribution < 1.29 is 0 Å². The molecule has 0 unspecified atom stereocenters. The van der Waals surface area contributed by atoms with Crippen LogP contribution in [0.1, 0.15) is 0 Å². The Morgan fingerprint density at radius 1 is 0.439 bits per heavy atom.